The van der Waals surface area contributed by atoms with Gasteiger partial charge in [0.25, 0.3) is 0 Å². The number of fused-ring (bicyclic) bond motifs is 5. The lowest BCUT2D eigenvalue weighted by Gasteiger charge is -2.33. The van der Waals surface area contributed by atoms with Gasteiger partial charge in [-0.1, -0.05) is 146 Å². The fourth-order valence-corrected chi connectivity index (χ4v) is 8.25. The third-order valence-electron chi connectivity index (χ3n) is 11.1. The molecular formula is C55H38N2O2. The summed E-state index contributed by atoms with van der Waals surface area (Å²) in [4.78, 5) is 6.67. The molecule has 0 spiro atoms. The molecule has 0 radical (unpaired) electrons. The fraction of sp³-hybridized carbons (Fsp3) is 0.0364. The highest BCUT2D eigenvalue weighted by Crippen LogP contribution is 2.42. The summed E-state index contributed by atoms with van der Waals surface area (Å²) in [5.74, 6) is 1.10. The number of rotatable bonds is 9. The van der Waals surface area contributed by atoms with E-state index in [2.05, 4.69) is 30.3 Å². The molecule has 1 atom stereocenters. The maximum absolute atomic E-state index is 9.88. The van der Waals surface area contributed by atoms with Crippen LogP contribution in [0.1, 0.15) is 22.8 Å². The van der Waals surface area contributed by atoms with Crippen LogP contribution in [0.15, 0.2) is 221 Å². The maximum atomic E-state index is 9.88. The maximum Gasteiger partial charge on any atom is 0.227 e. The Bertz CT molecular complexity index is 3430. The van der Waals surface area contributed by atoms with Crippen LogP contribution in [0.25, 0.3) is 77.3 Å². The normalized spacial score (nSPS) is 13.0. The Labute approximate surface area is 347 Å². The molecule has 4 heteroatoms. The lowest BCUT2D eigenvalue weighted by Crippen LogP contribution is -2.25. The van der Waals surface area contributed by atoms with Crippen molar-refractivity contribution in [2.75, 3.05) is 4.90 Å². The molecule has 0 bridgehead atoms. The van der Waals surface area contributed by atoms with Crippen molar-refractivity contribution in [1.82, 2.24) is 4.98 Å². The van der Waals surface area contributed by atoms with E-state index in [1.54, 1.807) is 0 Å². The number of anilines is 2. The van der Waals surface area contributed by atoms with Crippen molar-refractivity contribution in [3.8, 4) is 33.7 Å². The molecule has 280 valence electrons. The van der Waals surface area contributed by atoms with Gasteiger partial charge in [-0.05, 0) is 116 Å². The molecule has 0 amide bonds. The first kappa shape index (κ1) is 30.4. The molecule has 2 heterocycles. The van der Waals surface area contributed by atoms with Crippen LogP contribution in [0.2, 0.25) is 0 Å². The zero-order chi connectivity index (χ0) is 42.6. The SMILES string of the molecule is [2H]c1c([2H])c(N(c2ccc(-c3ccccc3)cc2)C(Cc2ccccc2)c2cc3cc(-c4nc5ccccc5o4)ccc3o2)c([2H])c([2H])c1-c1cc2ccccc2c2ccccc12. The van der Waals surface area contributed by atoms with Crippen LogP contribution < -0.4 is 4.90 Å². The molecule has 2 aromatic heterocycles. The van der Waals surface area contributed by atoms with Gasteiger partial charge in [-0.3, -0.25) is 0 Å². The van der Waals surface area contributed by atoms with Gasteiger partial charge in [0.15, 0.2) is 5.58 Å². The van der Waals surface area contributed by atoms with Crippen LogP contribution >= 0.6 is 0 Å². The minimum absolute atomic E-state index is 0.122. The number of para-hydroxylation sites is 2. The van der Waals surface area contributed by atoms with Gasteiger partial charge in [0.1, 0.15) is 16.9 Å². The average molecular weight is 763 g/mol. The molecule has 0 saturated heterocycles. The summed E-state index contributed by atoms with van der Waals surface area (Å²) in [6, 6.07) is 60.7. The third kappa shape index (κ3) is 6.51. The first-order valence-electron chi connectivity index (χ1n) is 21.8. The largest absolute Gasteiger partial charge is 0.459 e. The zero-order valence-electron chi connectivity index (χ0n) is 35.9. The Morgan fingerprint density at radius 3 is 1.93 bits per heavy atom. The molecule has 0 aliphatic rings. The third-order valence-corrected chi connectivity index (χ3v) is 11.1. The first-order chi connectivity index (χ1) is 30.9. The van der Waals surface area contributed by atoms with Gasteiger partial charge in [-0.15, -0.1) is 0 Å². The number of benzene rings is 9. The summed E-state index contributed by atoms with van der Waals surface area (Å²) in [6.07, 6.45) is 0.426. The molecule has 59 heavy (non-hydrogen) atoms. The van der Waals surface area contributed by atoms with Crippen LogP contribution in [0.4, 0.5) is 11.4 Å². The van der Waals surface area contributed by atoms with Crippen LogP contribution in [-0.2, 0) is 6.42 Å². The molecule has 0 aliphatic carbocycles. The van der Waals surface area contributed by atoms with Crippen molar-refractivity contribution in [1.29, 1.82) is 0 Å². The van der Waals surface area contributed by atoms with Crippen LogP contribution in [-0.4, -0.2) is 4.98 Å². The van der Waals surface area contributed by atoms with Gasteiger partial charge in [-0.2, -0.15) is 0 Å². The number of hydrogen-bond acceptors (Lipinski definition) is 4. The molecule has 0 N–H and O–H groups in total. The Hall–Kier alpha value is -7.69. The smallest absolute Gasteiger partial charge is 0.227 e. The minimum atomic E-state index is -0.616. The Balaban J connectivity index is 1.12. The van der Waals surface area contributed by atoms with E-state index >= 15 is 0 Å². The number of aromatic nitrogens is 1. The minimum Gasteiger partial charge on any atom is -0.459 e. The zero-order valence-corrected chi connectivity index (χ0v) is 31.9. The quantitative estimate of drug-likeness (QED) is 0.137. The summed E-state index contributed by atoms with van der Waals surface area (Å²) in [5, 5.41) is 4.70. The Morgan fingerprint density at radius 1 is 0.475 bits per heavy atom. The van der Waals surface area contributed by atoms with Crippen molar-refractivity contribution < 1.29 is 14.3 Å². The van der Waals surface area contributed by atoms with E-state index in [0.717, 1.165) is 54.7 Å². The monoisotopic (exact) mass is 762 g/mol. The number of nitrogens with zero attached hydrogens (tertiary/aromatic N) is 2. The summed E-state index contributed by atoms with van der Waals surface area (Å²) in [7, 11) is 0. The molecule has 1 unspecified atom stereocenters. The van der Waals surface area contributed by atoms with E-state index in [-0.39, 0.29) is 35.4 Å². The lowest BCUT2D eigenvalue weighted by atomic mass is 9.93. The number of oxazole rings is 1. The fourth-order valence-electron chi connectivity index (χ4n) is 8.25. The molecule has 4 nitrogen and oxygen atoms in total. The average Bonchev–Trinajstić information content (AvgIpc) is 3.97. The molecule has 0 saturated carbocycles. The van der Waals surface area contributed by atoms with Gasteiger partial charge >= 0.3 is 0 Å². The van der Waals surface area contributed by atoms with E-state index in [1.807, 2.05) is 163 Å². The van der Waals surface area contributed by atoms with E-state index in [9.17, 15) is 5.48 Å². The molecule has 11 rings (SSSR count). The van der Waals surface area contributed by atoms with Gasteiger partial charge in [-0.25, -0.2) is 4.98 Å². The van der Waals surface area contributed by atoms with E-state index < -0.39 is 6.04 Å². The summed E-state index contributed by atoms with van der Waals surface area (Å²) in [6.45, 7) is 0. The highest BCUT2D eigenvalue weighted by atomic mass is 16.3. The Kier molecular flexibility index (Phi) is 7.57. The van der Waals surface area contributed by atoms with Crippen LogP contribution in [0.3, 0.4) is 0 Å². The molecular weight excluding hydrogens is 721 g/mol. The standard InChI is InChI=1S/C55H38N2O2/c1-3-13-37(14-4-1)33-51(54-36-43-34-42(27-32-52(43)58-54)55-56-50-21-11-12-22-53(50)59-55)57(44-28-23-39(24-29-44)38-15-5-2-6-16-38)45-30-25-40(26-31-45)49-35-41-17-7-8-18-46(41)47-19-9-10-20-48(47)49/h1-32,34-36,51H,33H2/i25D,26D,30D,31D. The second-order valence-corrected chi connectivity index (χ2v) is 14.8. The summed E-state index contributed by atoms with van der Waals surface area (Å²) < 4.78 is 52.2. The lowest BCUT2D eigenvalue weighted by molar-refractivity contribution is 0.489. The molecule has 9 aromatic carbocycles. The van der Waals surface area contributed by atoms with Gasteiger partial charge < -0.3 is 13.7 Å². The van der Waals surface area contributed by atoms with Crippen molar-refractivity contribution in [2.45, 2.75) is 12.5 Å². The second-order valence-electron chi connectivity index (χ2n) is 14.8. The summed E-state index contributed by atoms with van der Waals surface area (Å²) >= 11 is 0. The topological polar surface area (TPSA) is 42.4 Å². The van der Waals surface area contributed by atoms with Gasteiger partial charge in [0.2, 0.25) is 5.89 Å². The first-order valence-corrected chi connectivity index (χ1v) is 19.8. The Morgan fingerprint density at radius 2 is 1.14 bits per heavy atom. The van der Waals surface area contributed by atoms with Gasteiger partial charge in [0, 0.05) is 28.7 Å². The highest BCUT2D eigenvalue weighted by Gasteiger charge is 2.27. The number of furan rings is 1. The molecule has 0 fully saturated rings. The van der Waals surface area contributed by atoms with E-state index in [1.165, 1.54) is 0 Å². The summed E-state index contributed by atoms with van der Waals surface area (Å²) in [5.41, 5.74) is 7.75. The van der Waals surface area contributed by atoms with E-state index in [4.69, 9.17) is 13.8 Å². The number of hydrogen-bond donors (Lipinski definition) is 0. The molecule has 0 aliphatic heterocycles. The predicted molar refractivity (Wildman–Crippen MR) is 243 cm³/mol. The van der Waals surface area contributed by atoms with Crippen molar-refractivity contribution >= 4 is 55.0 Å². The van der Waals surface area contributed by atoms with Crippen molar-refractivity contribution in [3.63, 3.8) is 0 Å². The second kappa shape index (κ2) is 14.7. The van der Waals surface area contributed by atoms with Crippen LogP contribution in [0, 0.1) is 0 Å². The van der Waals surface area contributed by atoms with Gasteiger partial charge in [0.05, 0.1) is 11.5 Å². The van der Waals surface area contributed by atoms with Crippen LogP contribution in [0.5, 0.6) is 0 Å². The molecule has 11 aromatic rings. The van der Waals surface area contributed by atoms with Crippen molar-refractivity contribution in [2.24, 2.45) is 0 Å². The predicted octanol–water partition coefficient (Wildman–Crippen LogP) is 15.0. The van der Waals surface area contributed by atoms with E-state index in [0.29, 0.717) is 40.5 Å². The van der Waals surface area contributed by atoms with Crippen molar-refractivity contribution in [3.05, 3.63) is 224 Å². The highest BCUT2D eigenvalue weighted by molar-refractivity contribution is 6.13.